The van der Waals surface area contributed by atoms with Crippen LogP contribution in [0.3, 0.4) is 0 Å². The molecule has 1 N–H and O–H groups in total. The van der Waals surface area contributed by atoms with Crippen LogP contribution < -0.4 is 14.4 Å². The highest BCUT2D eigenvalue weighted by Gasteiger charge is 2.20. The van der Waals surface area contributed by atoms with Gasteiger partial charge < -0.3 is 10.1 Å². The maximum absolute atomic E-state index is 12.1. The lowest BCUT2D eigenvalue weighted by molar-refractivity contribution is -0.121. The summed E-state index contributed by atoms with van der Waals surface area (Å²) in [6.07, 6.45) is 1.88. The van der Waals surface area contributed by atoms with Crippen molar-refractivity contribution in [2.45, 2.75) is 26.7 Å². The maximum atomic E-state index is 12.1. The number of methoxy groups -OCH3 is 1. The molecule has 0 aliphatic heterocycles. The molecule has 0 unspecified atom stereocenters. The minimum atomic E-state index is -3.45. The van der Waals surface area contributed by atoms with Gasteiger partial charge in [0.15, 0.2) is 0 Å². The molecule has 23 heavy (non-hydrogen) atoms. The van der Waals surface area contributed by atoms with E-state index in [9.17, 15) is 13.2 Å². The summed E-state index contributed by atoms with van der Waals surface area (Å²) in [5.74, 6) is 0.814. The maximum Gasteiger partial charge on any atom is 0.232 e. The Kier molecular flexibility index (Phi) is 7.35. The number of rotatable bonds is 9. The van der Waals surface area contributed by atoms with E-state index >= 15 is 0 Å². The van der Waals surface area contributed by atoms with Gasteiger partial charge in [0.1, 0.15) is 5.75 Å². The van der Waals surface area contributed by atoms with E-state index in [1.807, 2.05) is 13.8 Å². The number of carbonyl (C=O) groups excluding carboxylic acids is 1. The Morgan fingerprint density at radius 3 is 2.52 bits per heavy atom. The first-order valence-corrected chi connectivity index (χ1v) is 9.48. The minimum Gasteiger partial charge on any atom is -0.495 e. The SMILES string of the molecule is COc1ccccc1N(CCCC(=O)NCC(C)C)S(C)(=O)=O. The zero-order valence-corrected chi connectivity index (χ0v) is 15.0. The predicted octanol–water partition coefficient (Wildman–Crippen LogP) is 2.01. The van der Waals surface area contributed by atoms with Crippen LogP contribution in [0.15, 0.2) is 24.3 Å². The van der Waals surface area contributed by atoms with Crippen molar-refractivity contribution in [2.75, 3.05) is 30.8 Å². The lowest BCUT2D eigenvalue weighted by atomic mass is 10.2. The van der Waals surface area contributed by atoms with Gasteiger partial charge in [-0.05, 0) is 24.5 Å². The van der Waals surface area contributed by atoms with Crippen LogP contribution in [-0.2, 0) is 14.8 Å². The van der Waals surface area contributed by atoms with Crippen molar-refractivity contribution >= 4 is 21.6 Å². The van der Waals surface area contributed by atoms with Crippen LogP contribution in [-0.4, -0.2) is 40.8 Å². The molecule has 0 bridgehead atoms. The number of benzene rings is 1. The van der Waals surface area contributed by atoms with E-state index in [2.05, 4.69) is 5.32 Å². The first kappa shape index (κ1) is 19.3. The molecule has 0 spiro atoms. The van der Waals surface area contributed by atoms with Crippen molar-refractivity contribution in [1.82, 2.24) is 5.32 Å². The number of ether oxygens (including phenoxy) is 1. The lowest BCUT2D eigenvalue weighted by Crippen LogP contribution is -2.33. The number of nitrogens with zero attached hydrogens (tertiary/aromatic N) is 1. The zero-order chi connectivity index (χ0) is 17.5. The van der Waals surface area contributed by atoms with Crippen LogP contribution in [0.25, 0.3) is 0 Å². The summed E-state index contributed by atoms with van der Waals surface area (Å²) in [5, 5.41) is 2.83. The summed E-state index contributed by atoms with van der Waals surface area (Å²) in [6.45, 7) is 4.90. The number of nitrogens with one attached hydrogen (secondary N) is 1. The molecule has 0 aliphatic rings. The third-order valence-electron chi connectivity index (χ3n) is 3.23. The standard InChI is InChI=1S/C16H26N2O4S/c1-13(2)12-17-16(19)10-7-11-18(23(4,20)21)14-8-5-6-9-15(14)22-3/h5-6,8-9,13H,7,10-12H2,1-4H3,(H,17,19). The smallest absolute Gasteiger partial charge is 0.232 e. The highest BCUT2D eigenvalue weighted by atomic mass is 32.2. The quantitative estimate of drug-likeness (QED) is 0.745. The number of sulfonamides is 1. The predicted molar refractivity (Wildman–Crippen MR) is 92.3 cm³/mol. The van der Waals surface area contributed by atoms with Gasteiger partial charge in [-0.2, -0.15) is 0 Å². The average molecular weight is 342 g/mol. The number of para-hydroxylation sites is 2. The molecular weight excluding hydrogens is 316 g/mol. The fourth-order valence-electron chi connectivity index (χ4n) is 2.09. The Hall–Kier alpha value is -1.76. The molecule has 0 aromatic heterocycles. The lowest BCUT2D eigenvalue weighted by Gasteiger charge is -2.24. The summed E-state index contributed by atoms with van der Waals surface area (Å²) in [7, 11) is -1.95. The van der Waals surface area contributed by atoms with Gasteiger partial charge in [-0.15, -0.1) is 0 Å². The first-order valence-electron chi connectivity index (χ1n) is 7.63. The van der Waals surface area contributed by atoms with Crippen LogP contribution in [0.1, 0.15) is 26.7 Å². The van der Waals surface area contributed by atoms with Crippen molar-refractivity contribution in [3.63, 3.8) is 0 Å². The normalized spacial score (nSPS) is 11.3. The van der Waals surface area contributed by atoms with Gasteiger partial charge in [-0.1, -0.05) is 26.0 Å². The summed E-state index contributed by atoms with van der Waals surface area (Å²) in [5.41, 5.74) is 0.486. The number of hydrogen-bond acceptors (Lipinski definition) is 4. The van der Waals surface area contributed by atoms with Crippen LogP contribution >= 0.6 is 0 Å². The first-order chi connectivity index (χ1) is 10.8. The van der Waals surface area contributed by atoms with Gasteiger partial charge in [0, 0.05) is 19.5 Å². The molecule has 7 heteroatoms. The second kappa shape index (κ2) is 8.76. The fourth-order valence-corrected chi connectivity index (χ4v) is 3.06. The Bertz CT molecular complexity index is 614. The van der Waals surface area contributed by atoms with Crippen LogP contribution in [0.4, 0.5) is 5.69 Å². The molecule has 6 nitrogen and oxygen atoms in total. The van der Waals surface area contributed by atoms with Crippen LogP contribution in [0, 0.1) is 5.92 Å². The average Bonchev–Trinajstić information content (AvgIpc) is 2.48. The van der Waals surface area contributed by atoms with Crippen molar-refractivity contribution in [2.24, 2.45) is 5.92 Å². The van der Waals surface area contributed by atoms with Crippen LogP contribution in [0.5, 0.6) is 5.75 Å². The third kappa shape index (κ3) is 6.48. The Morgan fingerprint density at radius 1 is 1.30 bits per heavy atom. The van der Waals surface area contributed by atoms with E-state index < -0.39 is 10.0 Å². The molecule has 1 aromatic carbocycles. The van der Waals surface area contributed by atoms with E-state index in [0.717, 1.165) is 6.26 Å². The van der Waals surface area contributed by atoms with Crippen molar-refractivity contribution in [1.29, 1.82) is 0 Å². The summed E-state index contributed by atoms with van der Waals surface area (Å²) < 4.78 is 30.6. The fraction of sp³-hybridized carbons (Fsp3) is 0.562. The Morgan fingerprint density at radius 2 is 1.96 bits per heavy atom. The summed E-state index contributed by atoms with van der Waals surface area (Å²) in [4.78, 5) is 11.7. The Labute approximate surface area is 138 Å². The highest BCUT2D eigenvalue weighted by molar-refractivity contribution is 7.92. The Balaban J connectivity index is 2.73. The number of hydrogen-bond donors (Lipinski definition) is 1. The second-order valence-corrected chi connectivity index (χ2v) is 7.72. The van der Waals surface area contributed by atoms with Gasteiger partial charge in [0.05, 0.1) is 19.1 Å². The van der Waals surface area contributed by atoms with Crippen LogP contribution in [0.2, 0.25) is 0 Å². The monoisotopic (exact) mass is 342 g/mol. The summed E-state index contributed by atoms with van der Waals surface area (Å²) in [6, 6.07) is 6.94. The number of anilines is 1. The number of amides is 1. The van der Waals surface area contributed by atoms with Gasteiger partial charge in [-0.25, -0.2) is 8.42 Å². The molecule has 0 aliphatic carbocycles. The molecule has 0 saturated heterocycles. The van der Waals surface area contributed by atoms with Gasteiger partial charge in [0.25, 0.3) is 0 Å². The summed E-state index contributed by atoms with van der Waals surface area (Å²) >= 11 is 0. The molecule has 1 aromatic rings. The minimum absolute atomic E-state index is 0.0628. The molecule has 0 heterocycles. The van der Waals surface area contributed by atoms with Gasteiger partial charge in [0.2, 0.25) is 15.9 Å². The molecule has 0 atom stereocenters. The van der Waals surface area contributed by atoms with E-state index in [1.54, 1.807) is 24.3 Å². The molecule has 130 valence electrons. The second-order valence-electron chi connectivity index (χ2n) is 5.81. The molecule has 0 saturated carbocycles. The van der Waals surface area contributed by atoms with Gasteiger partial charge in [-0.3, -0.25) is 9.10 Å². The molecular formula is C16H26N2O4S. The number of carbonyl (C=O) groups is 1. The zero-order valence-electron chi connectivity index (χ0n) is 14.2. The van der Waals surface area contributed by atoms with E-state index in [0.29, 0.717) is 30.3 Å². The van der Waals surface area contributed by atoms with Crippen molar-refractivity contribution in [3.8, 4) is 5.75 Å². The van der Waals surface area contributed by atoms with E-state index in [1.165, 1.54) is 11.4 Å². The molecule has 1 amide bonds. The highest BCUT2D eigenvalue weighted by Crippen LogP contribution is 2.29. The molecule has 0 radical (unpaired) electrons. The van der Waals surface area contributed by atoms with E-state index in [4.69, 9.17) is 4.74 Å². The third-order valence-corrected chi connectivity index (χ3v) is 4.41. The van der Waals surface area contributed by atoms with E-state index in [-0.39, 0.29) is 18.9 Å². The topological polar surface area (TPSA) is 75.7 Å². The molecule has 1 rings (SSSR count). The van der Waals surface area contributed by atoms with Crippen molar-refractivity contribution in [3.05, 3.63) is 24.3 Å². The molecule has 0 fully saturated rings. The largest absolute Gasteiger partial charge is 0.495 e. The van der Waals surface area contributed by atoms with Gasteiger partial charge >= 0.3 is 0 Å². The van der Waals surface area contributed by atoms with Crippen molar-refractivity contribution < 1.29 is 17.9 Å².